The number of hydrogen-bond acceptors (Lipinski definition) is 8. The normalized spacial score (nSPS) is 16.6. The number of carbonyl (C=O) groups excluding carboxylic acids is 1. The van der Waals surface area contributed by atoms with E-state index in [0.717, 1.165) is 6.07 Å². The first kappa shape index (κ1) is 23.5. The highest BCUT2D eigenvalue weighted by Gasteiger charge is 2.47. The fraction of sp³-hybridized carbons (Fsp3) is 0.160. The van der Waals surface area contributed by atoms with Gasteiger partial charge in [0.1, 0.15) is 34.4 Å². The first-order valence-corrected chi connectivity index (χ1v) is 11.4. The molecule has 1 aliphatic rings. The number of fused-ring (bicyclic) bond motifs is 2. The average molecular weight is 517 g/mol. The maximum Gasteiger partial charge on any atom is 0.240 e. The first-order chi connectivity index (χ1) is 18.2. The first-order valence-electron chi connectivity index (χ1n) is 11.4. The highest BCUT2D eigenvalue weighted by atomic mass is 19.2. The summed E-state index contributed by atoms with van der Waals surface area (Å²) in [7, 11) is 1.62. The van der Waals surface area contributed by atoms with Crippen molar-refractivity contribution in [3.63, 3.8) is 0 Å². The molecule has 3 aromatic heterocycles. The van der Waals surface area contributed by atoms with Gasteiger partial charge in [-0.3, -0.25) is 4.79 Å². The van der Waals surface area contributed by atoms with Crippen LogP contribution < -0.4 is 11.1 Å². The molecule has 0 radical (unpaired) electrons. The van der Waals surface area contributed by atoms with E-state index in [4.69, 9.17) is 5.73 Å². The minimum atomic E-state index is -1.26. The number of nitrogens with two attached hydrogens (primary N) is 1. The zero-order valence-electron chi connectivity index (χ0n) is 20.0. The van der Waals surface area contributed by atoms with Gasteiger partial charge in [0.2, 0.25) is 5.91 Å². The van der Waals surface area contributed by atoms with Crippen molar-refractivity contribution < 1.29 is 18.0 Å². The fourth-order valence-electron chi connectivity index (χ4n) is 4.62. The lowest BCUT2D eigenvalue weighted by molar-refractivity contribution is -0.119. The summed E-state index contributed by atoms with van der Waals surface area (Å²) in [6, 6.07) is 9.37. The number of halogens is 3. The molecule has 38 heavy (non-hydrogen) atoms. The molecule has 13 heteroatoms. The Bertz CT molecular complexity index is 1770. The van der Waals surface area contributed by atoms with Gasteiger partial charge in [-0.25, -0.2) is 37.8 Å². The van der Waals surface area contributed by atoms with Gasteiger partial charge in [-0.2, -0.15) is 0 Å². The zero-order valence-corrected chi connectivity index (χ0v) is 20.0. The van der Waals surface area contributed by atoms with Gasteiger partial charge in [-0.15, -0.1) is 5.10 Å². The summed E-state index contributed by atoms with van der Waals surface area (Å²) in [6.45, 7) is 1.65. The van der Waals surface area contributed by atoms with Gasteiger partial charge in [0.15, 0.2) is 28.6 Å². The van der Waals surface area contributed by atoms with Crippen LogP contribution >= 0.6 is 0 Å². The molecule has 1 amide bonds. The van der Waals surface area contributed by atoms with Crippen LogP contribution in [-0.4, -0.2) is 40.8 Å². The van der Waals surface area contributed by atoms with Gasteiger partial charge < -0.3 is 11.1 Å². The molecule has 0 spiro atoms. The summed E-state index contributed by atoms with van der Waals surface area (Å²) >= 11 is 0. The molecule has 0 saturated heterocycles. The van der Waals surface area contributed by atoms with Crippen molar-refractivity contribution in [1.82, 2.24) is 34.9 Å². The molecular formula is C25H18F3N9O. The number of hydrogen-bond donors (Lipinski definition) is 2. The molecule has 5 aromatic rings. The van der Waals surface area contributed by atoms with Crippen LogP contribution in [0.2, 0.25) is 0 Å². The van der Waals surface area contributed by atoms with Gasteiger partial charge in [0.25, 0.3) is 0 Å². The van der Waals surface area contributed by atoms with E-state index in [1.807, 2.05) is 0 Å². The second kappa shape index (κ2) is 8.30. The van der Waals surface area contributed by atoms with Gasteiger partial charge in [0, 0.05) is 13.5 Å². The van der Waals surface area contributed by atoms with E-state index in [1.165, 1.54) is 41.1 Å². The van der Waals surface area contributed by atoms with E-state index in [0.29, 0.717) is 16.8 Å². The molecule has 0 saturated carbocycles. The van der Waals surface area contributed by atoms with Gasteiger partial charge in [-0.1, -0.05) is 29.5 Å². The predicted octanol–water partition coefficient (Wildman–Crippen LogP) is 3.06. The Balaban J connectivity index is 1.50. The van der Waals surface area contributed by atoms with Crippen molar-refractivity contribution in [2.45, 2.75) is 18.8 Å². The van der Waals surface area contributed by atoms with E-state index >= 15 is 0 Å². The monoisotopic (exact) mass is 517 g/mol. The number of nitrogen functional groups attached to an aromatic ring is 1. The Morgan fingerprint density at radius 1 is 1.03 bits per heavy atom. The SMILES string of the molecule is Cn1nnc2c(-c3nc(N)c4c(n3)NC(=O)C4(C)c3ccc(F)cc3)nc(Cc3cccc(F)c3F)nc21. The van der Waals surface area contributed by atoms with Crippen LogP contribution in [0.1, 0.15) is 29.4 Å². The summed E-state index contributed by atoms with van der Waals surface area (Å²) in [5.41, 5.74) is 6.72. The van der Waals surface area contributed by atoms with Crippen molar-refractivity contribution in [2.24, 2.45) is 7.05 Å². The third-order valence-electron chi connectivity index (χ3n) is 6.63. The molecule has 0 aliphatic carbocycles. The van der Waals surface area contributed by atoms with E-state index in [2.05, 4.69) is 35.6 Å². The largest absolute Gasteiger partial charge is 0.383 e. The van der Waals surface area contributed by atoms with Crippen LogP contribution in [0.5, 0.6) is 0 Å². The summed E-state index contributed by atoms with van der Waals surface area (Å²) in [5.74, 6) is -2.50. The van der Waals surface area contributed by atoms with Gasteiger partial charge in [-0.05, 0) is 36.2 Å². The molecule has 1 unspecified atom stereocenters. The minimum Gasteiger partial charge on any atom is -0.383 e. The van der Waals surface area contributed by atoms with Crippen LogP contribution in [0.3, 0.4) is 0 Å². The van der Waals surface area contributed by atoms with E-state index in [1.54, 1.807) is 14.0 Å². The zero-order chi connectivity index (χ0) is 26.8. The Morgan fingerprint density at radius 2 is 1.79 bits per heavy atom. The topological polar surface area (TPSA) is 137 Å². The van der Waals surface area contributed by atoms with E-state index in [9.17, 15) is 18.0 Å². The third kappa shape index (κ3) is 3.46. The molecule has 1 aliphatic heterocycles. The Hall–Kier alpha value is -4.94. The Labute approximate surface area is 212 Å². The van der Waals surface area contributed by atoms with Crippen LogP contribution in [0, 0.1) is 17.5 Å². The molecule has 1 atom stereocenters. The standard InChI is InChI=1S/C25H18F3N9O/c1-25(12-6-8-13(26)9-7-12)16-20(29)32-22(33-21(16)34-24(25)38)18-19-23(37(2)36-35-19)31-15(30-18)10-11-4-3-5-14(27)17(11)28/h3-9H,10H2,1-2H3,(H3,29,32,33,34,38). The Morgan fingerprint density at radius 3 is 2.55 bits per heavy atom. The highest BCUT2D eigenvalue weighted by Crippen LogP contribution is 2.45. The predicted molar refractivity (Wildman–Crippen MR) is 130 cm³/mol. The number of nitrogens with zero attached hydrogens (tertiary/aromatic N) is 7. The quantitative estimate of drug-likeness (QED) is 0.371. The summed E-state index contributed by atoms with van der Waals surface area (Å²) in [5, 5.41) is 10.8. The van der Waals surface area contributed by atoms with E-state index in [-0.39, 0.29) is 46.5 Å². The van der Waals surface area contributed by atoms with Crippen molar-refractivity contribution in [3.05, 3.63) is 82.4 Å². The lowest BCUT2D eigenvalue weighted by Crippen LogP contribution is -2.33. The van der Waals surface area contributed by atoms with Gasteiger partial charge in [0.05, 0.1) is 5.56 Å². The van der Waals surface area contributed by atoms with Crippen LogP contribution in [0.4, 0.5) is 24.8 Å². The van der Waals surface area contributed by atoms with Crippen LogP contribution in [-0.2, 0) is 23.7 Å². The molecule has 4 heterocycles. The minimum absolute atomic E-state index is 0.00329. The molecule has 0 fully saturated rings. The molecular weight excluding hydrogens is 499 g/mol. The molecule has 10 nitrogen and oxygen atoms in total. The average Bonchev–Trinajstić information content (AvgIpc) is 3.39. The van der Waals surface area contributed by atoms with Gasteiger partial charge >= 0.3 is 0 Å². The molecule has 6 rings (SSSR count). The van der Waals surface area contributed by atoms with Crippen molar-refractivity contribution in [3.8, 4) is 11.5 Å². The second-order valence-electron chi connectivity index (χ2n) is 9.01. The number of aromatic nitrogens is 7. The van der Waals surface area contributed by atoms with Crippen molar-refractivity contribution in [2.75, 3.05) is 11.1 Å². The maximum absolute atomic E-state index is 14.4. The van der Waals surface area contributed by atoms with E-state index < -0.39 is 28.8 Å². The third-order valence-corrected chi connectivity index (χ3v) is 6.63. The summed E-state index contributed by atoms with van der Waals surface area (Å²) < 4.78 is 43.1. The number of nitrogens with one attached hydrogen (secondary N) is 1. The molecule has 3 N–H and O–H groups in total. The lowest BCUT2D eigenvalue weighted by Gasteiger charge is -2.23. The Kier molecular flexibility index (Phi) is 5.12. The van der Waals surface area contributed by atoms with Crippen LogP contribution in [0.15, 0.2) is 42.5 Å². The second-order valence-corrected chi connectivity index (χ2v) is 9.01. The molecule has 190 valence electrons. The molecule has 2 aromatic carbocycles. The summed E-state index contributed by atoms with van der Waals surface area (Å²) in [6.07, 6.45) is -0.127. The van der Waals surface area contributed by atoms with Crippen molar-refractivity contribution >= 4 is 28.7 Å². The summed E-state index contributed by atoms with van der Waals surface area (Å²) in [4.78, 5) is 31.0. The number of anilines is 2. The lowest BCUT2D eigenvalue weighted by atomic mass is 9.78. The smallest absolute Gasteiger partial charge is 0.240 e. The van der Waals surface area contributed by atoms with Crippen molar-refractivity contribution in [1.29, 1.82) is 0 Å². The van der Waals surface area contributed by atoms with Crippen LogP contribution in [0.25, 0.3) is 22.7 Å². The number of rotatable bonds is 4. The molecule has 0 bridgehead atoms. The number of carbonyl (C=O) groups is 1. The number of aryl methyl sites for hydroxylation is 1. The highest BCUT2D eigenvalue weighted by molar-refractivity contribution is 6.09. The maximum atomic E-state index is 14.4. The fourth-order valence-corrected chi connectivity index (χ4v) is 4.62. The number of amides is 1. The number of benzene rings is 2.